The van der Waals surface area contributed by atoms with E-state index in [0.717, 1.165) is 5.56 Å². The lowest BCUT2D eigenvalue weighted by atomic mass is 9.92. The molecule has 3 rings (SSSR count). The highest BCUT2D eigenvalue weighted by atomic mass is 19.1. The topological polar surface area (TPSA) is 49.6 Å². The molecule has 1 aromatic heterocycles. The average molecular weight is 289 g/mol. The van der Waals surface area contributed by atoms with Crippen molar-refractivity contribution < 1.29 is 4.39 Å². The molecule has 0 fully saturated rings. The van der Waals surface area contributed by atoms with Crippen LogP contribution in [0.15, 0.2) is 55.0 Å². The predicted molar refractivity (Wildman–Crippen MR) is 82.3 cm³/mol. The molecule has 0 saturated heterocycles. The summed E-state index contributed by atoms with van der Waals surface area (Å²) in [5.74, 6) is -0.374. The van der Waals surface area contributed by atoms with Crippen molar-refractivity contribution in [3.8, 4) is 28.5 Å². The van der Waals surface area contributed by atoms with Gasteiger partial charge in [-0.05, 0) is 30.2 Å². The van der Waals surface area contributed by atoms with Crippen LogP contribution in [0.1, 0.15) is 11.1 Å². The van der Waals surface area contributed by atoms with Crippen LogP contribution >= 0.6 is 0 Å². The molecule has 3 aromatic rings. The van der Waals surface area contributed by atoms with Crippen molar-refractivity contribution in [1.82, 2.24) is 9.97 Å². The summed E-state index contributed by atoms with van der Waals surface area (Å²) in [6.45, 7) is 1.87. The van der Waals surface area contributed by atoms with Gasteiger partial charge in [0.25, 0.3) is 0 Å². The first-order chi connectivity index (χ1) is 10.7. The second kappa shape index (κ2) is 5.74. The monoisotopic (exact) mass is 289 g/mol. The van der Waals surface area contributed by atoms with E-state index < -0.39 is 0 Å². The number of benzene rings is 2. The van der Waals surface area contributed by atoms with E-state index in [4.69, 9.17) is 0 Å². The molecule has 4 heteroatoms. The Bertz CT molecular complexity index is 867. The van der Waals surface area contributed by atoms with Gasteiger partial charge in [-0.15, -0.1) is 0 Å². The molecule has 0 N–H and O–H groups in total. The zero-order valence-corrected chi connectivity index (χ0v) is 11.9. The molecular weight excluding hydrogens is 277 g/mol. The third kappa shape index (κ3) is 2.33. The predicted octanol–water partition coefficient (Wildman–Crippen LogP) is 4.13. The van der Waals surface area contributed by atoms with Gasteiger partial charge in [0.05, 0.1) is 11.3 Å². The number of nitrogens with zero attached hydrogens (tertiary/aromatic N) is 3. The lowest BCUT2D eigenvalue weighted by Gasteiger charge is -2.12. The van der Waals surface area contributed by atoms with E-state index in [1.54, 1.807) is 24.4 Å². The lowest BCUT2D eigenvalue weighted by molar-refractivity contribution is 0.631. The molecule has 0 radical (unpaired) electrons. The Kier molecular flexibility index (Phi) is 3.63. The number of aromatic nitrogens is 2. The first-order valence-corrected chi connectivity index (χ1v) is 6.77. The van der Waals surface area contributed by atoms with E-state index >= 15 is 0 Å². The van der Waals surface area contributed by atoms with Crippen molar-refractivity contribution in [1.29, 1.82) is 5.26 Å². The summed E-state index contributed by atoms with van der Waals surface area (Å²) in [5, 5.41) is 9.42. The van der Waals surface area contributed by atoms with Crippen molar-refractivity contribution in [3.63, 3.8) is 0 Å². The fourth-order valence-corrected chi connectivity index (χ4v) is 2.49. The minimum atomic E-state index is -0.374. The van der Waals surface area contributed by atoms with Crippen LogP contribution in [0.3, 0.4) is 0 Å². The summed E-state index contributed by atoms with van der Waals surface area (Å²) in [5.41, 5.74) is 3.64. The zero-order chi connectivity index (χ0) is 15.5. The summed E-state index contributed by atoms with van der Waals surface area (Å²) in [4.78, 5) is 8.00. The Labute approximate surface area is 127 Å². The van der Waals surface area contributed by atoms with E-state index in [1.165, 1.54) is 12.4 Å². The highest BCUT2D eigenvalue weighted by Crippen LogP contribution is 2.35. The van der Waals surface area contributed by atoms with Gasteiger partial charge in [-0.2, -0.15) is 5.26 Å². The quantitative estimate of drug-likeness (QED) is 0.712. The van der Waals surface area contributed by atoms with Crippen molar-refractivity contribution in [2.45, 2.75) is 6.92 Å². The van der Waals surface area contributed by atoms with Gasteiger partial charge >= 0.3 is 0 Å². The second-order valence-corrected chi connectivity index (χ2v) is 4.87. The maximum absolute atomic E-state index is 14.4. The van der Waals surface area contributed by atoms with Gasteiger partial charge in [-0.1, -0.05) is 30.3 Å². The maximum atomic E-state index is 14.4. The van der Waals surface area contributed by atoms with Gasteiger partial charge in [0.2, 0.25) is 0 Å². The van der Waals surface area contributed by atoms with Crippen LogP contribution in [-0.4, -0.2) is 9.97 Å². The molecule has 22 heavy (non-hydrogen) atoms. The van der Waals surface area contributed by atoms with Crippen LogP contribution in [0.5, 0.6) is 0 Å². The van der Waals surface area contributed by atoms with Crippen LogP contribution in [0.2, 0.25) is 0 Å². The minimum absolute atomic E-state index is 0.374. The molecule has 0 amide bonds. The smallest absolute Gasteiger partial charge is 0.133 e. The molecule has 2 aromatic carbocycles. The maximum Gasteiger partial charge on any atom is 0.133 e. The van der Waals surface area contributed by atoms with Crippen LogP contribution in [0.4, 0.5) is 4.39 Å². The molecule has 0 aliphatic heterocycles. The number of rotatable bonds is 2. The van der Waals surface area contributed by atoms with Gasteiger partial charge in [-0.25, -0.2) is 14.4 Å². The largest absolute Gasteiger partial charge is 0.245 e. The molecule has 1 heterocycles. The van der Waals surface area contributed by atoms with Crippen LogP contribution in [-0.2, 0) is 0 Å². The summed E-state index contributed by atoms with van der Waals surface area (Å²) in [6, 6.07) is 14.2. The number of hydrogen-bond donors (Lipinski definition) is 0. The average Bonchev–Trinajstić information content (AvgIpc) is 2.55. The second-order valence-electron chi connectivity index (χ2n) is 4.87. The van der Waals surface area contributed by atoms with E-state index in [0.29, 0.717) is 27.9 Å². The van der Waals surface area contributed by atoms with Crippen LogP contribution < -0.4 is 0 Å². The number of aryl methyl sites for hydroxylation is 1. The number of nitriles is 1. The van der Waals surface area contributed by atoms with Crippen molar-refractivity contribution in [3.05, 3.63) is 71.9 Å². The van der Waals surface area contributed by atoms with Gasteiger partial charge in [0, 0.05) is 17.3 Å². The Morgan fingerprint density at radius 3 is 2.55 bits per heavy atom. The van der Waals surface area contributed by atoms with Crippen molar-refractivity contribution >= 4 is 0 Å². The Morgan fingerprint density at radius 1 is 1.05 bits per heavy atom. The molecule has 0 aliphatic rings. The van der Waals surface area contributed by atoms with E-state index in [2.05, 4.69) is 16.0 Å². The fraction of sp³-hybridized carbons (Fsp3) is 0.0556. The fourth-order valence-electron chi connectivity index (χ4n) is 2.49. The van der Waals surface area contributed by atoms with E-state index in [-0.39, 0.29) is 5.82 Å². The highest BCUT2D eigenvalue weighted by Gasteiger charge is 2.16. The van der Waals surface area contributed by atoms with E-state index in [1.807, 2.05) is 25.1 Å². The standard InChI is InChI=1S/C18H12FN3/c1-12-4-2-5-13(15(12)10-20)14-6-3-7-16(19)18(14)17-8-9-21-11-22-17/h2-9,11H,1H3. The molecule has 0 atom stereocenters. The third-order valence-electron chi connectivity index (χ3n) is 3.53. The summed E-state index contributed by atoms with van der Waals surface area (Å²) in [6.07, 6.45) is 2.95. The number of hydrogen-bond acceptors (Lipinski definition) is 3. The highest BCUT2D eigenvalue weighted by molar-refractivity contribution is 5.85. The molecule has 0 aliphatic carbocycles. The minimum Gasteiger partial charge on any atom is -0.245 e. The number of halogens is 1. The molecule has 0 saturated carbocycles. The molecule has 0 spiro atoms. The molecule has 106 valence electrons. The van der Waals surface area contributed by atoms with Crippen LogP contribution in [0, 0.1) is 24.1 Å². The normalized spacial score (nSPS) is 10.2. The molecular formula is C18H12FN3. The first kappa shape index (κ1) is 13.9. The summed E-state index contributed by atoms with van der Waals surface area (Å²) < 4.78 is 14.4. The molecule has 3 nitrogen and oxygen atoms in total. The van der Waals surface area contributed by atoms with Gasteiger partial charge < -0.3 is 0 Å². The molecule has 0 bridgehead atoms. The van der Waals surface area contributed by atoms with Crippen molar-refractivity contribution in [2.75, 3.05) is 0 Å². The van der Waals surface area contributed by atoms with Gasteiger partial charge in [-0.3, -0.25) is 0 Å². The van der Waals surface area contributed by atoms with Gasteiger partial charge in [0.1, 0.15) is 18.2 Å². The Hall–Kier alpha value is -3.06. The van der Waals surface area contributed by atoms with Crippen molar-refractivity contribution in [2.24, 2.45) is 0 Å². The first-order valence-electron chi connectivity index (χ1n) is 6.77. The zero-order valence-electron chi connectivity index (χ0n) is 11.9. The lowest BCUT2D eigenvalue weighted by Crippen LogP contribution is -1.95. The van der Waals surface area contributed by atoms with Crippen LogP contribution in [0.25, 0.3) is 22.4 Å². The summed E-state index contributed by atoms with van der Waals surface area (Å²) >= 11 is 0. The van der Waals surface area contributed by atoms with Gasteiger partial charge in [0.15, 0.2) is 0 Å². The SMILES string of the molecule is Cc1cccc(-c2cccc(F)c2-c2ccncn2)c1C#N. The Morgan fingerprint density at radius 2 is 1.82 bits per heavy atom. The molecule has 0 unspecified atom stereocenters. The summed E-state index contributed by atoms with van der Waals surface area (Å²) in [7, 11) is 0. The van der Waals surface area contributed by atoms with E-state index in [9.17, 15) is 9.65 Å². The Balaban J connectivity index is 2.33. The third-order valence-corrected chi connectivity index (χ3v) is 3.53.